The fraction of sp³-hybridized carbons (Fsp3) is 0.261. The summed E-state index contributed by atoms with van der Waals surface area (Å²) in [5.74, 6) is 0.364. The first-order valence-electron chi connectivity index (χ1n) is 10.2. The number of thiophene rings is 1. The molecule has 0 bridgehead atoms. The molecule has 0 saturated carbocycles. The Morgan fingerprint density at radius 2 is 1.62 bits per heavy atom. The first-order chi connectivity index (χ1) is 15.4. The summed E-state index contributed by atoms with van der Waals surface area (Å²) in [5, 5.41) is 4.44. The maximum absolute atomic E-state index is 13.3. The van der Waals surface area contributed by atoms with Crippen LogP contribution in [0.25, 0.3) is 0 Å². The van der Waals surface area contributed by atoms with Gasteiger partial charge in [0, 0.05) is 37.6 Å². The normalized spacial score (nSPS) is 14.9. The molecule has 1 fully saturated rings. The van der Waals surface area contributed by atoms with Crippen LogP contribution >= 0.6 is 11.3 Å². The van der Waals surface area contributed by atoms with E-state index < -0.39 is 15.9 Å². The van der Waals surface area contributed by atoms with Crippen LogP contribution in [-0.2, 0) is 10.0 Å². The van der Waals surface area contributed by atoms with Gasteiger partial charge in [0.15, 0.2) is 0 Å². The maximum Gasteiger partial charge on any atom is 0.267 e. The molecule has 0 aliphatic carbocycles. The van der Waals surface area contributed by atoms with Crippen LogP contribution in [0.2, 0.25) is 0 Å². The lowest BCUT2D eigenvalue weighted by Gasteiger charge is -2.35. The Morgan fingerprint density at radius 1 is 0.969 bits per heavy atom. The van der Waals surface area contributed by atoms with E-state index in [0.717, 1.165) is 28.3 Å². The van der Waals surface area contributed by atoms with Crippen molar-refractivity contribution in [1.82, 2.24) is 4.31 Å². The number of ether oxygens (including phenoxy) is 1. The maximum atomic E-state index is 13.3. The van der Waals surface area contributed by atoms with Crippen molar-refractivity contribution in [3.63, 3.8) is 0 Å². The van der Waals surface area contributed by atoms with E-state index in [1.165, 1.54) is 10.4 Å². The van der Waals surface area contributed by atoms with Crippen molar-refractivity contribution >= 4 is 38.6 Å². The zero-order chi connectivity index (χ0) is 22.7. The van der Waals surface area contributed by atoms with Gasteiger partial charge < -0.3 is 15.0 Å². The number of carbonyl (C=O) groups excluding carboxylic acids is 1. The number of nitrogens with zero attached hydrogens (tertiary/aromatic N) is 2. The van der Waals surface area contributed by atoms with E-state index in [4.69, 9.17) is 4.74 Å². The van der Waals surface area contributed by atoms with E-state index in [1.807, 2.05) is 43.3 Å². The van der Waals surface area contributed by atoms with Gasteiger partial charge in [0.1, 0.15) is 15.5 Å². The van der Waals surface area contributed by atoms with Gasteiger partial charge >= 0.3 is 0 Å². The molecule has 2 heterocycles. The Bertz CT molecular complexity index is 1180. The van der Waals surface area contributed by atoms with Gasteiger partial charge in [-0.25, -0.2) is 8.42 Å². The van der Waals surface area contributed by atoms with Crippen LogP contribution in [0.3, 0.4) is 0 Å². The highest BCUT2D eigenvalue weighted by Gasteiger charge is 2.32. The second-order valence-corrected chi connectivity index (χ2v) is 10.3. The number of anilines is 2. The Kier molecular flexibility index (Phi) is 6.50. The molecule has 1 aromatic heterocycles. The first kappa shape index (κ1) is 22.3. The summed E-state index contributed by atoms with van der Waals surface area (Å²) >= 11 is 1.13. The molecule has 1 saturated heterocycles. The summed E-state index contributed by atoms with van der Waals surface area (Å²) in [6, 6.07) is 16.6. The molecule has 2 aromatic carbocycles. The molecule has 4 rings (SSSR count). The van der Waals surface area contributed by atoms with Crippen molar-refractivity contribution in [2.75, 3.05) is 43.5 Å². The van der Waals surface area contributed by atoms with Gasteiger partial charge in [-0.2, -0.15) is 4.31 Å². The molecule has 168 valence electrons. The van der Waals surface area contributed by atoms with E-state index in [-0.39, 0.29) is 9.77 Å². The van der Waals surface area contributed by atoms with Gasteiger partial charge in [-0.1, -0.05) is 17.7 Å². The lowest BCUT2D eigenvalue weighted by atomic mass is 10.2. The molecular formula is C23H25N3O4S2. The molecule has 3 aromatic rings. The fourth-order valence-corrected chi connectivity index (χ4v) is 6.33. The second-order valence-electron chi connectivity index (χ2n) is 7.52. The van der Waals surface area contributed by atoms with Crippen molar-refractivity contribution in [3.8, 4) is 5.75 Å². The third-order valence-corrected chi connectivity index (χ3v) is 8.42. The van der Waals surface area contributed by atoms with Crippen molar-refractivity contribution < 1.29 is 17.9 Å². The molecule has 0 unspecified atom stereocenters. The van der Waals surface area contributed by atoms with Crippen molar-refractivity contribution in [3.05, 3.63) is 70.4 Å². The number of hydrogen-bond donors (Lipinski definition) is 1. The van der Waals surface area contributed by atoms with Crippen LogP contribution < -0.4 is 15.0 Å². The minimum atomic E-state index is -3.77. The lowest BCUT2D eigenvalue weighted by molar-refractivity contribution is 0.102. The number of sulfonamides is 1. The summed E-state index contributed by atoms with van der Waals surface area (Å²) in [7, 11) is -2.15. The van der Waals surface area contributed by atoms with Gasteiger partial charge in [-0.3, -0.25) is 4.79 Å². The number of aryl methyl sites for hydroxylation is 1. The molecule has 7 nitrogen and oxygen atoms in total. The molecule has 1 N–H and O–H groups in total. The monoisotopic (exact) mass is 471 g/mol. The standard InChI is InChI=1S/C23H25N3O4S2/c1-17-3-5-18(6-4-17)24-23(27)22-21(11-16-31-22)32(28,29)26-14-12-25(13-15-26)19-7-9-20(30-2)10-8-19/h3-11,16H,12-15H2,1-2H3,(H,24,27). The third-order valence-electron chi connectivity index (χ3n) is 5.44. The van der Waals surface area contributed by atoms with Crippen LogP contribution in [-0.4, -0.2) is 51.9 Å². The summed E-state index contributed by atoms with van der Waals surface area (Å²) in [6.45, 7) is 3.80. The molecule has 1 aliphatic heterocycles. The van der Waals surface area contributed by atoms with Crippen molar-refractivity contribution in [2.24, 2.45) is 0 Å². The smallest absolute Gasteiger partial charge is 0.267 e. The van der Waals surface area contributed by atoms with Gasteiger partial charge in [-0.05, 0) is 54.8 Å². The fourth-order valence-electron chi connectivity index (χ4n) is 3.61. The van der Waals surface area contributed by atoms with Gasteiger partial charge in [0.2, 0.25) is 10.0 Å². The number of nitrogens with one attached hydrogen (secondary N) is 1. The SMILES string of the molecule is COc1ccc(N2CCN(S(=O)(=O)c3ccsc3C(=O)Nc3ccc(C)cc3)CC2)cc1. The number of amides is 1. The van der Waals surface area contributed by atoms with Crippen LogP contribution in [0.1, 0.15) is 15.2 Å². The molecular weight excluding hydrogens is 446 g/mol. The van der Waals surface area contributed by atoms with E-state index in [9.17, 15) is 13.2 Å². The molecule has 0 spiro atoms. The predicted octanol–water partition coefficient (Wildman–Crippen LogP) is 3.83. The molecule has 9 heteroatoms. The molecule has 1 aliphatic rings. The number of rotatable bonds is 6. The Hall–Kier alpha value is -2.88. The zero-order valence-electron chi connectivity index (χ0n) is 17.9. The third kappa shape index (κ3) is 4.64. The lowest BCUT2D eigenvalue weighted by Crippen LogP contribution is -2.48. The van der Waals surface area contributed by atoms with Gasteiger partial charge in [-0.15, -0.1) is 11.3 Å². The number of carbonyl (C=O) groups is 1. The zero-order valence-corrected chi connectivity index (χ0v) is 19.6. The molecule has 0 radical (unpaired) electrons. The highest BCUT2D eigenvalue weighted by molar-refractivity contribution is 7.89. The van der Waals surface area contributed by atoms with Crippen molar-refractivity contribution in [1.29, 1.82) is 0 Å². The predicted molar refractivity (Wildman–Crippen MR) is 127 cm³/mol. The summed E-state index contributed by atoms with van der Waals surface area (Å²) < 4.78 is 33.3. The van der Waals surface area contributed by atoms with Gasteiger partial charge in [0.05, 0.1) is 7.11 Å². The highest BCUT2D eigenvalue weighted by Crippen LogP contribution is 2.28. The topological polar surface area (TPSA) is 79.0 Å². The summed E-state index contributed by atoms with van der Waals surface area (Å²) in [4.78, 5) is 15.2. The first-order valence-corrected chi connectivity index (χ1v) is 12.5. The van der Waals surface area contributed by atoms with E-state index in [2.05, 4.69) is 10.2 Å². The largest absolute Gasteiger partial charge is 0.497 e. The van der Waals surface area contributed by atoms with E-state index in [0.29, 0.717) is 31.9 Å². The van der Waals surface area contributed by atoms with Gasteiger partial charge in [0.25, 0.3) is 5.91 Å². The van der Waals surface area contributed by atoms with Crippen LogP contribution in [0.4, 0.5) is 11.4 Å². The number of benzene rings is 2. The Labute approximate surface area is 192 Å². The minimum absolute atomic E-state index is 0.0602. The molecule has 0 atom stereocenters. The van der Waals surface area contributed by atoms with E-state index in [1.54, 1.807) is 24.6 Å². The molecule has 1 amide bonds. The average Bonchev–Trinajstić information content (AvgIpc) is 3.32. The van der Waals surface area contributed by atoms with Crippen LogP contribution in [0, 0.1) is 6.92 Å². The van der Waals surface area contributed by atoms with E-state index >= 15 is 0 Å². The summed E-state index contributed by atoms with van der Waals surface area (Å²) in [6.07, 6.45) is 0. The quantitative estimate of drug-likeness (QED) is 0.591. The second kappa shape index (κ2) is 9.32. The average molecular weight is 472 g/mol. The van der Waals surface area contributed by atoms with Crippen molar-refractivity contribution in [2.45, 2.75) is 11.8 Å². The number of methoxy groups -OCH3 is 1. The minimum Gasteiger partial charge on any atom is -0.497 e. The molecule has 32 heavy (non-hydrogen) atoms. The van der Waals surface area contributed by atoms with Crippen LogP contribution in [0.5, 0.6) is 5.75 Å². The Morgan fingerprint density at radius 3 is 2.25 bits per heavy atom. The Balaban J connectivity index is 1.46. The number of hydrogen-bond acceptors (Lipinski definition) is 6. The highest BCUT2D eigenvalue weighted by atomic mass is 32.2. The summed E-state index contributed by atoms with van der Waals surface area (Å²) in [5.41, 5.74) is 2.73. The number of piperazine rings is 1. The van der Waals surface area contributed by atoms with Crippen LogP contribution in [0.15, 0.2) is 64.9 Å².